The molecule has 4 rings (SSSR count). The molecule has 7 nitrogen and oxygen atoms in total. The normalized spacial score (nSPS) is 17.6. The topological polar surface area (TPSA) is 78.4 Å². The van der Waals surface area contributed by atoms with Crippen molar-refractivity contribution in [2.45, 2.75) is 12.5 Å². The summed E-state index contributed by atoms with van der Waals surface area (Å²) >= 11 is 0. The lowest BCUT2D eigenvalue weighted by molar-refractivity contribution is -0.125. The number of methoxy groups -OCH3 is 1. The number of anilines is 1. The van der Waals surface area contributed by atoms with Crippen molar-refractivity contribution in [3.8, 4) is 17.2 Å². The highest BCUT2D eigenvalue weighted by Gasteiger charge is 2.29. The van der Waals surface area contributed by atoms with E-state index < -0.39 is 6.10 Å². The second kappa shape index (κ2) is 6.35. The summed E-state index contributed by atoms with van der Waals surface area (Å²) in [7, 11) is 1.61. The van der Waals surface area contributed by atoms with E-state index in [9.17, 15) is 4.79 Å². The van der Waals surface area contributed by atoms with Crippen LogP contribution in [0.15, 0.2) is 47.6 Å². The van der Waals surface area contributed by atoms with Crippen LogP contribution >= 0.6 is 0 Å². The van der Waals surface area contributed by atoms with Gasteiger partial charge in [-0.25, -0.2) is 0 Å². The largest absolute Gasteiger partial charge is 0.497 e. The van der Waals surface area contributed by atoms with Gasteiger partial charge in [-0.05, 0) is 42.0 Å². The molecule has 2 aliphatic rings. The SMILES string of the molecule is COc1ccc(C2=NO[C@@H](C(=O)Nc3ccc4c(c3)OCO4)C2)cc1. The maximum Gasteiger partial charge on any atom is 0.268 e. The fraction of sp³-hybridized carbons (Fsp3) is 0.222. The van der Waals surface area contributed by atoms with Gasteiger partial charge in [0.1, 0.15) is 5.75 Å². The number of carbonyl (C=O) groups excluding carboxylic acids is 1. The summed E-state index contributed by atoms with van der Waals surface area (Å²) in [5, 5.41) is 6.84. The predicted molar refractivity (Wildman–Crippen MR) is 90.2 cm³/mol. The van der Waals surface area contributed by atoms with Crippen molar-refractivity contribution in [3.63, 3.8) is 0 Å². The summed E-state index contributed by atoms with van der Waals surface area (Å²) in [4.78, 5) is 17.7. The second-order valence-electron chi connectivity index (χ2n) is 5.62. The van der Waals surface area contributed by atoms with Crippen molar-refractivity contribution in [1.29, 1.82) is 0 Å². The summed E-state index contributed by atoms with van der Waals surface area (Å²) in [6.45, 7) is 0.192. The summed E-state index contributed by atoms with van der Waals surface area (Å²) in [5.74, 6) is 1.78. The predicted octanol–water partition coefficient (Wildman–Crippen LogP) is 2.56. The molecule has 1 N–H and O–H groups in total. The summed E-state index contributed by atoms with van der Waals surface area (Å²) in [6, 6.07) is 12.7. The number of benzene rings is 2. The molecule has 2 aromatic carbocycles. The number of carbonyl (C=O) groups is 1. The minimum Gasteiger partial charge on any atom is -0.497 e. The van der Waals surface area contributed by atoms with Crippen LogP contribution in [0, 0.1) is 0 Å². The molecule has 0 aliphatic carbocycles. The molecule has 128 valence electrons. The third-order valence-corrected chi connectivity index (χ3v) is 4.02. The fourth-order valence-electron chi connectivity index (χ4n) is 2.67. The van der Waals surface area contributed by atoms with Crippen molar-refractivity contribution in [1.82, 2.24) is 0 Å². The lowest BCUT2D eigenvalue weighted by Gasteiger charge is -2.10. The van der Waals surface area contributed by atoms with E-state index in [-0.39, 0.29) is 12.7 Å². The fourth-order valence-corrected chi connectivity index (χ4v) is 2.67. The van der Waals surface area contributed by atoms with Crippen molar-refractivity contribution >= 4 is 17.3 Å². The quantitative estimate of drug-likeness (QED) is 0.925. The number of nitrogens with one attached hydrogen (secondary N) is 1. The van der Waals surface area contributed by atoms with Gasteiger partial charge >= 0.3 is 0 Å². The molecule has 0 aromatic heterocycles. The molecule has 0 fully saturated rings. The van der Waals surface area contributed by atoms with Gasteiger partial charge in [-0.1, -0.05) is 5.16 Å². The Balaban J connectivity index is 1.39. The van der Waals surface area contributed by atoms with Crippen molar-refractivity contribution in [2.75, 3.05) is 19.2 Å². The number of amides is 1. The van der Waals surface area contributed by atoms with E-state index in [1.54, 1.807) is 25.3 Å². The molecule has 1 atom stereocenters. The number of nitrogens with zero attached hydrogens (tertiary/aromatic N) is 1. The third kappa shape index (κ3) is 3.08. The van der Waals surface area contributed by atoms with Gasteiger partial charge in [0.25, 0.3) is 5.91 Å². The van der Waals surface area contributed by atoms with E-state index in [0.29, 0.717) is 23.6 Å². The van der Waals surface area contributed by atoms with Crippen molar-refractivity contribution in [3.05, 3.63) is 48.0 Å². The van der Waals surface area contributed by atoms with Crippen LogP contribution in [0.1, 0.15) is 12.0 Å². The van der Waals surface area contributed by atoms with Gasteiger partial charge in [-0.3, -0.25) is 4.79 Å². The van der Waals surface area contributed by atoms with Crippen LogP contribution < -0.4 is 19.5 Å². The number of fused-ring (bicyclic) bond motifs is 1. The van der Waals surface area contributed by atoms with Crippen LogP contribution in [-0.4, -0.2) is 31.6 Å². The molecule has 0 saturated heterocycles. The van der Waals surface area contributed by atoms with Gasteiger partial charge in [0, 0.05) is 18.2 Å². The highest BCUT2D eigenvalue weighted by molar-refractivity contribution is 6.06. The summed E-state index contributed by atoms with van der Waals surface area (Å²) in [5.41, 5.74) is 2.25. The van der Waals surface area contributed by atoms with Gasteiger partial charge in [-0.15, -0.1) is 0 Å². The molecule has 0 bridgehead atoms. The van der Waals surface area contributed by atoms with Crippen LogP contribution in [0.25, 0.3) is 0 Å². The van der Waals surface area contributed by atoms with Crippen LogP contribution in [0.2, 0.25) is 0 Å². The smallest absolute Gasteiger partial charge is 0.268 e. The Bertz CT molecular complexity index is 832. The highest BCUT2D eigenvalue weighted by atomic mass is 16.7. The van der Waals surface area contributed by atoms with Crippen LogP contribution in [0.4, 0.5) is 5.69 Å². The Morgan fingerprint density at radius 2 is 1.96 bits per heavy atom. The van der Waals surface area contributed by atoms with Gasteiger partial charge in [0.15, 0.2) is 11.5 Å². The Kier molecular flexibility index (Phi) is 3.89. The van der Waals surface area contributed by atoms with E-state index in [1.807, 2.05) is 24.3 Å². The lowest BCUT2D eigenvalue weighted by atomic mass is 10.0. The Labute approximate surface area is 144 Å². The molecule has 2 heterocycles. The number of hydrogen-bond donors (Lipinski definition) is 1. The van der Waals surface area contributed by atoms with Gasteiger partial charge in [0.05, 0.1) is 12.8 Å². The molecule has 0 saturated carbocycles. The molecular weight excluding hydrogens is 324 g/mol. The first-order chi connectivity index (χ1) is 12.2. The molecule has 0 unspecified atom stereocenters. The second-order valence-corrected chi connectivity index (χ2v) is 5.62. The molecule has 2 aromatic rings. The average Bonchev–Trinajstić information content (AvgIpc) is 3.31. The van der Waals surface area contributed by atoms with E-state index in [0.717, 1.165) is 17.0 Å². The standard InChI is InChI=1S/C18H16N2O5/c1-22-13-5-2-11(3-6-13)14-9-17(25-20-14)18(21)19-12-4-7-15-16(8-12)24-10-23-15/h2-8,17H,9-10H2,1H3,(H,19,21)/t17-/m1/s1. The molecule has 7 heteroatoms. The zero-order valence-corrected chi connectivity index (χ0v) is 13.5. The first kappa shape index (κ1) is 15.3. The van der Waals surface area contributed by atoms with Gasteiger partial charge in [-0.2, -0.15) is 0 Å². The molecule has 0 spiro atoms. The molecular formula is C18H16N2O5. The molecule has 0 radical (unpaired) electrons. The number of oxime groups is 1. The Morgan fingerprint density at radius 3 is 2.76 bits per heavy atom. The molecule has 1 amide bonds. The van der Waals surface area contributed by atoms with E-state index in [2.05, 4.69) is 10.5 Å². The number of ether oxygens (including phenoxy) is 3. The van der Waals surface area contributed by atoms with Gasteiger partial charge in [0.2, 0.25) is 12.9 Å². The molecule has 25 heavy (non-hydrogen) atoms. The minimum absolute atomic E-state index is 0.192. The first-order valence-electron chi connectivity index (χ1n) is 7.80. The average molecular weight is 340 g/mol. The van der Waals surface area contributed by atoms with Crippen LogP contribution in [0.5, 0.6) is 17.2 Å². The maximum absolute atomic E-state index is 12.4. The molecule has 2 aliphatic heterocycles. The lowest BCUT2D eigenvalue weighted by Crippen LogP contribution is -2.28. The Hall–Kier alpha value is -3.22. The Morgan fingerprint density at radius 1 is 1.16 bits per heavy atom. The van der Waals surface area contributed by atoms with E-state index in [1.165, 1.54) is 0 Å². The van der Waals surface area contributed by atoms with E-state index in [4.69, 9.17) is 19.0 Å². The van der Waals surface area contributed by atoms with Crippen molar-refractivity contribution in [2.24, 2.45) is 5.16 Å². The number of rotatable bonds is 4. The highest BCUT2D eigenvalue weighted by Crippen LogP contribution is 2.34. The maximum atomic E-state index is 12.4. The first-order valence-corrected chi connectivity index (χ1v) is 7.80. The number of hydrogen-bond acceptors (Lipinski definition) is 6. The van der Waals surface area contributed by atoms with Gasteiger partial charge < -0.3 is 24.4 Å². The van der Waals surface area contributed by atoms with E-state index >= 15 is 0 Å². The summed E-state index contributed by atoms with van der Waals surface area (Å²) < 4.78 is 15.7. The zero-order valence-electron chi connectivity index (χ0n) is 13.5. The van der Waals surface area contributed by atoms with Crippen molar-refractivity contribution < 1.29 is 23.8 Å². The van der Waals surface area contributed by atoms with Crippen LogP contribution in [-0.2, 0) is 9.63 Å². The zero-order chi connectivity index (χ0) is 17.2. The van der Waals surface area contributed by atoms with Crippen LogP contribution in [0.3, 0.4) is 0 Å². The monoisotopic (exact) mass is 340 g/mol. The third-order valence-electron chi connectivity index (χ3n) is 4.02. The minimum atomic E-state index is -0.664. The summed E-state index contributed by atoms with van der Waals surface area (Å²) in [6.07, 6.45) is -0.259.